The topological polar surface area (TPSA) is 78.5 Å². The zero-order valence-corrected chi connectivity index (χ0v) is 17.2. The molecule has 3 rings (SSSR count). The molecule has 152 valence electrons. The maximum Gasteiger partial charge on any atom is 0.325 e. The van der Waals surface area contributed by atoms with Crippen LogP contribution in [0.5, 0.6) is 0 Å². The second-order valence-electron chi connectivity index (χ2n) is 7.03. The minimum Gasteiger partial charge on any atom is -0.348 e. The molecule has 2 N–H and O–H groups in total. The molecule has 2 aromatic carbocycles. The van der Waals surface area contributed by atoms with Crippen molar-refractivity contribution in [2.75, 3.05) is 6.54 Å². The number of hydrogen-bond donors (Lipinski definition) is 2. The predicted molar refractivity (Wildman–Crippen MR) is 111 cm³/mol. The Balaban J connectivity index is 1.74. The molecule has 0 aliphatic carbocycles. The van der Waals surface area contributed by atoms with Gasteiger partial charge in [-0.2, -0.15) is 0 Å². The van der Waals surface area contributed by atoms with Crippen LogP contribution >= 0.6 is 11.6 Å². The van der Waals surface area contributed by atoms with Gasteiger partial charge in [-0.15, -0.1) is 0 Å². The van der Waals surface area contributed by atoms with E-state index in [2.05, 4.69) is 10.6 Å². The number of hydrogen-bond acceptors (Lipinski definition) is 3. The van der Waals surface area contributed by atoms with E-state index in [1.807, 2.05) is 44.2 Å². The van der Waals surface area contributed by atoms with Crippen molar-refractivity contribution in [1.82, 2.24) is 15.5 Å². The first kappa shape index (κ1) is 20.9. The molecule has 1 heterocycles. The first-order valence-electron chi connectivity index (χ1n) is 9.65. The van der Waals surface area contributed by atoms with Gasteiger partial charge in [-0.3, -0.25) is 14.5 Å². The Labute approximate surface area is 175 Å². The number of benzene rings is 2. The van der Waals surface area contributed by atoms with E-state index in [9.17, 15) is 14.4 Å². The molecule has 29 heavy (non-hydrogen) atoms. The fraction of sp³-hybridized carbons (Fsp3) is 0.318. The summed E-state index contributed by atoms with van der Waals surface area (Å²) >= 11 is 5.93. The van der Waals surface area contributed by atoms with Crippen molar-refractivity contribution in [2.45, 2.75) is 38.3 Å². The summed E-state index contributed by atoms with van der Waals surface area (Å²) < 4.78 is 0. The largest absolute Gasteiger partial charge is 0.348 e. The average Bonchev–Trinajstić information content (AvgIpc) is 2.98. The molecule has 0 spiro atoms. The third-order valence-electron chi connectivity index (χ3n) is 5.29. The number of nitrogens with one attached hydrogen (secondary N) is 2. The number of halogens is 1. The highest BCUT2D eigenvalue weighted by atomic mass is 35.5. The van der Waals surface area contributed by atoms with Gasteiger partial charge >= 0.3 is 6.03 Å². The summed E-state index contributed by atoms with van der Waals surface area (Å²) in [7, 11) is 0. The van der Waals surface area contributed by atoms with Gasteiger partial charge in [-0.25, -0.2) is 4.79 Å². The van der Waals surface area contributed by atoms with Gasteiger partial charge in [-0.05, 0) is 36.1 Å². The van der Waals surface area contributed by atoms with E-state index in [-0.39, 0.29) is 12.6 Å². The second-order valence-corrected chi connectivity index (χ2v) is 7.46. The van der Waals surface area contributed by atoms with Gasteiger partial charge in [-0.1, -0.05) is 67.9 Å². The third kappa shape index (κ3) is 4.12. The maximum absolute atomic E-state index is 13.1. The Morgan fingerprint density at radius 1 is 1.10 bits per heavy atom. The van der Waals surface area contributed by atoms with E-state index < -0.39 is 23.4 Å². The Kier molecular flexibility index (Phi) is 6.23. The van der Waals surface area contributed by atoms with Crippen LogP contribution in [0.2, 0.25) is 5.02 Å². The average molecular weight is 414 g/mol. The quantitative estimate of drug-likeness (QED) is 0.678. The summed E-state index contributed by atoms with van der Waals surface area (Å²) in [5, 5.41) is 6.30. The lowest BCUT2D eigenvalue weighted by atomic mass is 9.87. The normalized spacial score (nSPS) is 19.8. The van der Waals surface area contributed by atoms with E-state index in [0.29, 0.717) is 23.4 Å². The molecule has 7 heteroatoms. The molecule has 0 radical (unpaired) electrons. The highest BCUT2D eigenvalue weighted by Gasteiger charge is 2.51. The molecule has 0 saturated carbocycles. The van der Waals surface area contributed by atoms with Crippen LogP contribution in [0, 0.1) is 0 Å². The molecule has 1 saturated heterocycles. The molecule has 2 aromatic rings. The molecule has 6 nitrogen and oxygen atoms in total. The number of nitrogens with zero attached hydrogens (tertiary/aromatic N) is 1. The first-order valence-corrected chi connectivity index (χ1v) is 10.0. The van der Waals surface area contributed by atoms with Gasteiger partial charge in [0.2, 0.25) is 5.91 Å². The van der Waals surface area contributed by atoms with Gasteiger partial charge in [0, 0.05) is 5.02 Å². The molecule has 1 fully saturated rings. The van der Waals surface area contributed by atoms with E-state index in [1.54, 1.807) is 24.3 Å². The van der Waals surface area contributed by atoms with Crippen molar-refractivity contribution in [3.05, 3.63) is 70.7 Å². The second kappa shape index (κ2) is 8.66. The SMILES string of the molecule is CCC(NC(=O)CN1C(=O)NC(CC)(c2ccccc2)C1=O)c1ccc(Cl)cc1. The molecule has 1 aliphatic heterocycles. The number of carbonyl (C=O) groups is 3. The highest BCUT2D eigenvalue weighted by Crippen LogP contribution is 2.32. The summed E-state index contributed by atoms with van der Waals surface area (Å²) in [5.41, 5.74) is 0.477. The van der Waals surface area contributed by atoms with Crippen molar-refractivity contribution < 1.29 is 14.4 Å². The van der Waals surface area contributed by atoms with Crippen LogP contribution in [-0.4, -0.2) is 29.3 Å². The number of imide groups is 1. The highest BCUT2D eigenvalue weighted by molar-refractivity contribution is 6.30. The Bertz CT molecular complexity index is 901. The molecule has 0 bridgehead atoms. The molecule has 0 aromatic heterocycles. The Hall–Kier alpha value is -2.86. The van der Waals surface area contributed by atoms with Crippen molar-refractivity contribution >= 4 is 29.4 Å². The van der Waals surface area contributed by atoms with Crippen LogP contribution in [0.1, 0.15) is 43.9 Å². The van der Waals surface area contributed by atoms with Crippen LogP contribution < -0.4 is 10.6 Å². The van der Waals surface area contributed by atoms with Crippen LogP contribution in [0.15, 0.2) is 54.6 Å². The Morgan fingerprint density at radius 3 is 2.34 bits per heavy atom. The van der Waals surface area contributed by atoms with Crippen molar-refractivity contribution in [1.29, 1.82) is 0 Å². The van der Waals surface area contributed by atoms with Crippen molar-refractivity contribution in [2.24, 2.45) is 0 Å². The zero-order valence-electron chi connectivity index (χ0n) is 16.4. The summed E-state index contributed by atoms with van der Waals surface area (Å²) in [5.74, 6) is -0.804. The van der Waals surface area contributed by atoms with E-state index in [4.69, 9.17) is 11.6 Å². The minimum atomic E-state index is -1.14. The van der Waals surface area contributed by atoms with Crippen LogP contribution in [0.3, 0.4) is 0 Å². The first-order chi connectivity index (χ1) is 13.9. The van der Waals surface area contributed by atoms with E-state index >= 15 is 0 Å². The summed E-state index contributed by atoms with van der Waals surface area (Å²) in [6.45, 7) is 3.45. The van der Waals surface area contributed by atoms with Gasteiger partial charge in [0.05, 0.1) is 6.04 Å². The number of carbonyl (C=O) groups excluding carboxylic acids is 3. The maximum atomic E-state index is 13.1. The van der Waals surface area contributed by atoms with E-state index in [0.717, 1.165) is 10.5 Å². The molecule has 4 amide bonds. The fourth-order valence-corrected chi connectivity index (χ4v) is 3.76. The van der Waals surface area contributed by atoms with Crippen molar-refractivity contribution in [3.63, 3.8) is 0 Å². The molecule has 2 atom stereocenters. The van der Waals surface area contributed by atoms with E-state index in [1.165, 1.54) is 0 Å². The van der Waals surface area contributed by atoms with Gasteiger partial charge in [0.25, 0.3) is 5.91 Å². The Morgan fingerprint density at radius 2 is 1.76 bits per heavy atom. The zero-order chi connectivity index (χ0) is 21.0. The van der Waals surface area contributed by atoms with Crippen LogP contribution in [-0.2, 0) is 15.1 Å². The molecule has 2 unspecified atom stereocenters. The van der Waals surface area contributed by atoms with Crippen molar-refractivity contribution in [3.8, 4) is 0 Å². The standard InChI is InChI=1S/C22H24ClN3O3/c1-3-18(15-10-12-17(23)13-11-15)24-19(27)14-26-20(28)22(4-2,25-21(26)29)16-8-6-5-7-9-16/h5-13,18H,3-4,14H2,1-2H3,(H,24,27)(H,25,29). The lowest BCUT2D eigenvalue weighted by molar-refractivity contribution is -0.135. The summed E-state index contributed by atoms with van der Waals surface area (Å²) in [6, 6.07) is 15.5. The number of urea groups is 1. The van der Waals surface area contributed by atoms with Gasteiger partial charge in [0.1, 0.15) is 12.1 Å². The predicted octanol–water partition coefficient (Wildman–Crippen LogP) is 3.76. The number of rotatable bonds is 7. The summed E-state index contributed by atoms with van der Waals surface area (Å²) in [4.78, 5) is 39.3. The van der Waals surface area contributed by atoms with Gasteiger partial charge in [0.15, 0.2) is 0 Å². The molecular formula is C22H24ClN3O3. The van der Waals surface area contributed by atoms with Crippen LogP contribution in [0.4, 0.5) is 4.79 Å². The summed E-state index contributed by atoms with van der Waals surface area (Å²) in [6.07, 6.45) is 1.05. The third-order valence-corrected chi connectivity index (χ3v) is 5.54. The lowest BCUT2D eigenvalue weighted by Crippen LogP contribution is -2.45. The smallest absolute Gasteiger partial charge is 0.325 e. The fourth-order valence-electron chi connectivity index (χ4n) is 3.63. The van der Waals surface area contributed by atoms with Gasteiger partial charge < -0.3 is 10.6 Å². The molecule has 1 aliphatic rings. The lowest BCUT2D eigenvalue weighted by Gasteiger charge is -2.26. The monoisotopic (exact) mass is 413 g/mol. The molecular weight excluding hydrogens is 390 g/mol. The number of amides is 4. The minimum absolute atomic E-state index is 0.231. The van der Waals surface area contributed by atoms with Crippen LogP contribution in [0.25, 0.3) is 0 Å².